The van der Waals surface area contributed by atoms with Crippen LogP contribution in [-0.4, -0.2) is 30.0 Å². The molecule has 0 saturated carbocycles. The SMILES string of the molecule is NC(=O)C1=CC2=C(CCCC2)NC1.O=S(=O)(O)O. The maximum Gasteiger partial charge on any atom is 0.394 e. The molecule has 2 rings (SSSR count). The second-order valence-corrected chi connectivity index (χ2v) is 4.94. The van der Waals surface area contributed by atoms with E-state index in [0.29, 0.717) is 12.1 Å². The Hall–Kier alpha value is -1.38. The summed E-state index contributed by atoms with van der Waals surface area (Å²) in [7, 11) is -4.67. The molecule has 102 valence electrons. The molecule has 2 aliphatic rings. The Balaban J connectivity index is 0.000000280. The highest BCUT2D eigenvalue weighted by Crippen LogP contribution is 2.27. The van der Waals surface area contributed by atoms with Crippen molar-refractivity contribution >= 4 is 16.3 Å². The van der Waals surface area contributed by atoms with Crippen LogP contribution in [0.3, 0.4) is 0 Å². The lowest BCUT2D eigenvalue weighted by Crippen LogP contribution is -2.29. The highest BCUT2D eigenvalue weighted by molar-refractivity contribution is 7.79. The highest BCUT2D eigenvalue weighted by Gasteiger charge is 2.17. The van der Waals surface area contributed by atoms with E-state index in [1.54, 1.807) is 0 Å². The normalized spacial score (nSPS) is 18.9. The number of hydrogen-bond acceptors (Lipinski definition) is 4. The van der Waals surface area contributed by atoms with E-state index < -0.39 is 10.4 Å². The molecule has 0 aromatic carbocycles. The van der Waals surface area contributed by atoms with E-state index in [9.17, 15) is 4.79 Å². The van der Waals surface area contributed by atoms with E-state index in [2.05, 4.69) is 5.32 Å². The molecule has 18 heavy (non-hydrogen) atoms. The number of carbonyl (C=O) groups excluding carboxylic acids is 1. The Morgan fingerprint density at radius 3 is 2.39 bits per heavy atom. The molecule has 0 unspecified atom stereocenters. The van der Waals surface area contributed by atoms with Gasteiger partial charge in [-0.05, 0) is 37.3 Å². The van der Waals surface area contributed by atoms with Crippen LogP contribution in [0.2, 0.25) is 0 Å². The number of allylic oxidation sites excluding steroid dienone is 3. The summed E-state index contributed by atoms with van der Waals surface area (Å²) in [6, 6.07) is 0. The van der Waals surface area contributed by atoms with Crippen LogP contribution in [0.1, 0.15) is 25.7 Å². The maximum absolute atomic E-state index is 10.9. The smallest absolute Gasteiger partial charge is 0.384 e. The van der Waals surface area contributed by atoms with E-state index in [1.165, 1.54) is 24.1 Å². The van der Waals surface area contributed by atoms with Crippen molar-refractivity contribution in [2.45, 2.75) is 25.7 Å². The van der Waals surface area contributed by atoms with Gasteiger partial charge in [-0.2, -0.15) is 8.42 Å². The molecule has 7 nitrogen and oxygen atoms in total. The van der Waals surface area contributed by atoms with Gasteiger partial charge >= 0.3 is 10.4 Å². The van der Waals surface area contributed by atoms with Gasteiger partial charge in [0.2, 0.25) is 5.91 Å². The zero-order chi connectivity index (χ0) is 13.8. The number of nitrogens with one attached hydrogen (secondary N) is 1. The summed E-state index contributed by atoms with van der Waals surface area (Å²) in [5.74, 6) is -0.301. The molecule has 1 aliphatic carbocycles. The number of dihydropyridines is 1. The van der Waals surface area contributed by atoms with Gasteiger partial charge in [0.25, 0.3) is 0 Å². The van der Waals surface area contributed by atoms with Gasteiger partial charge in [-0.15, -0.1) is 0 Å². The van der Waals surface area contributed by atoms with Crippen molar-refractivity contribution in [1.82, 2.24) is 5.32 Å². The van der Waals surface area contributed by atoms with Crippen molar-refractivity contribution in [3.05, 3.63) is 22.9 Å². The molecular weight excluding hydrogens is 260 g/mol. The molecule has 0 bridgehead atoms. The standard InChI is InChI=1S/C10H14N2O.H2O4S/c11-10(13)8-5-7-3-1-2-4-9(7)12-6-8;1-5(2,3)4/h5,12H,1-4,6H2,(H2,11,13);(H2,1,2,3,4). The predicted octanol–water partition coefficient (Wildman–Crippen LogP) is 0.177. The first kappa shape index (κ1) is 14.7. The van der Waals surface area contributed by atoms with Gasteiger partial charge in [0.1, 0.15) is 0 Å². The van der Waals surface area contributed by atoms with Crippen LogP contribution in [0.4, 0.5) is 0 Å². The summed E-state index contributed by atoms with van der Waals surface area (Å²) in [5.41, 5.74) is 8.53. The number of hydrogen-bond donors (Lipinski definition) is 4. The van der Waals surface area contributed by atoms with Gasteiger partial charge in [-0.3, -0.25) is 13.9 Å². The van der Waals surface area contributed by atoms with Gasteiger partial charge in [0, 0.05) is 17.8 Å². The van der Waals surface area contributed by atoms with Crippen molar-refractivity contribution in [2.75, 3.05) is 6.54 Å². The minimum absolute atomic E-state index is 0.301. The number of amides is 1. The summed E-state index contributed by atoms with van der Waals surface area (Å²) in [6.45, 7) is 0.605. The lowest BCUT2D eigenvalue weighted by molar-refractivity contribution is -0.114. The van der Waals surface area contributed by atoms with Crippen molar-refractivity contribution in [3.8, 4) is 0 Å². The first-order chi connectivity index (χ1) is 8.27. The molecule has 0 aromatic heterocycles. The minimum atomic E-state index is -4.67. The number of rotatable bonds is 1. The molecule has 0 saturated heterocycles. The van der Waals surface area contributed by atoms with Crippen LogP contribution in [-0.2, 0) is 15.2 Å². The van der Waals surface area contributed by atoms with Gasteiger partial charge in [-0.1, -0.05) is 0 Å². The van der Waals surface area contributed by atoms with Gasteiger partial charge in [0.05, 0.1) is 0 Å². The van der Waals surface area contributed by atoms with Crippen LogP contribution < -0.4 is 11.1 Å². The van der Waals surface area contributed by atoms with Gasteiger partial charge in [-0.25, -0.2) is 0 Å². The second-order valence-electron chi connectivity index (χ2n) is 4.05. The first-order valence-corrected chi connectivity index (χ1v) is 6.83. The molecule has 1 aliphatic heterocycles. The fourth-order valence-electron chi connectivity index (χ4n) is 1.91. The summed E-state index contributed by atoms with van der Waals surface area (Å²) in [4.78, 5) is 10.9. The van der Waals surface area contributed by atoms with Crippen LogP contribution in [0.25, 0.3) is 0 Å². The Morgan fingerprint density at radius 1 is 1.28 bits per heavy atom. The summed E-state index contributed by atoms with van der Waals surface area (Å²) in [6.07, 6.45) is 6.65. The predicted molar refractivity (Wildman–Crippen MR) is 65.0 cm³/mol. The third kappa shape index (κ3) is 5.30. The molecule has 8 heteroatoms. The average molecular weight is 276 g/mol. The molecule has 1 heterocycles. The Morgan fingerprint density at radius 2 is 1.83 bits per heavy atom. The summed E-state index contributed by atoms with van der Waals surface area (Å²) < 4.78 is 31.6. The van der Waals surface area contributed by atoms with Crippen LogP contribution in [0.15, 0.2) is 22.9 Å². The Labute approximate surface area is 105 Å². The zero-order valence-electron chi connectivity index (χ0n) is 9.72. The molecule has 1 amide bonds. The summed E-state index contributed by atoms with van der Waals surface area (Å²) in [5, 5.41) is 3.26. The van der Waals surface area contributed by atoms with E-state index in [-0.39, 0.29) is 5.91 Å². The molecule has 5 N–H and O–H groups in total. The van der Waals surface area contributed by atoms with Crippen LogP contribution >= 0.6 is 0 Å². The molecule has 0 atom stereocenters. The van der Waals surface area contributed by atoms with Crippen LogP contribution in [0.5, 0.6) is 0 Å². The Bertz CT molecular complexity index is 484. The first-order valence-electron chi connectivity index (χ1n) is 5.43. The lowest BCUT2D eigenvalue weighted by Gasteiger charge is -2.24. The summed E-state index contributed by atoms with van der Waals surface area (Å²) >= 11 is 0. The second kappa shape index (κ2) is 5.98. The number of primary amides is 1. The average Bonchev–Trinajstić information content (AvgIpc) is 2.26. The maximum atomic E-state index is 10.9. The molecular formula is C10H16N2O5S. The molecule has 0 fully saturated rings. The molecule has 0 aromatic rings. The van der Waals surface area contributed by atoms with Gasteiger partial charge < -0.3 is 11.1 Å². The van der Waals surface area contributed by atoms with Crippen LogP contribution in [0, 0.1) is 0 Å². The topological polar surface area (TPSA) is 130 Å². The van der Waals surface area contributed by atoms with Crippen molar-refractivity contribution in [1.29, 1.82) is 0 Å². The highest BCUT2D eigenvalue weighted by atomic mass is 32.3. The fourth-order valence-corrected chi connectivity index (χ4v) is 1.91. The number of nitrogens with two attached hydrogens (primary N) is 1. The third-order valence-corrected chi connectivity index (χ3v) is 2.67. The lowest BCUT2D eigenvalue weighted by atomic mass is 9.92. The quantitative estimate of drug-likeness (QED) is 0.505. The van der Waals surface area contributed by atoms with Crippen molar-refractivity contribution in [3.63, 3.8) is 0 Å². The third-order valence-electron chi connectivity index (χ3n) is 2.67. The largest absolute Gasteiger partial charge is 0.394 e. The van der Waals surface area contributed by atoms with Gasteiger partial charge in [0.15, 0.2) is 0 Å². The van der Waals surface area contributed by atoms with Crippen molar-refractivity contribution < 1.29 is 22.3 Å². The Kier molecular flexibility index (Phi) is 4.88. The van der Waals surface area contributed by atoms with E-state index >= 15 is 0 Å². The molecule has 0 radical (unpaired) electrons. The monoisotopic (exact) mass is 276 g/mol. The zero-order valence-corrected chi connectivity index (χ0v) is 10.5. The fraction of sp³-hybridized carbons (Fsp3) is 0.500. The van der Waals surface area contributed by atoms with E-state index in [0.717, 1.165) is 12.8 Å². The van der Waals surface area contributed by atoms with E-state index in [4.69, 9.17) is 23.3 Å². The van der Waals surface area contributed by atoms with E-state index in [1.807, 2.05) is 6.08 Å². The number of carbonyl (C=O) groups is 1. The molecule has 0 spiro atoms. The minimum Gasteiger partial charge on any atom is -0.384 e. The van der Waals surface area contributed by atoms with Crippen molar-refractivity contribution in [2.24, 2.45) is 5.73 Å².